The van der Waals surface area contributed by atoms with Crippen molar-refractivity contribution in [2.75, 3.05) is 0 Å². The van der Waals surface area contributed by atoms with Crippen molar-refractivity contribution in [2.24, 2.45) is 0 Å². The van der Waals surface area contributed by atoms with E-state index in [9.17, 15) is 0 Å². The Hall–Kier alpha value is -1.20. The van der Waals surface area contributed by atoms with Crippen LogP contribution in [0.5, 0.6) is 0 Å². The van der Waals surface area contributed by atoms with Crippen LogP contribution in [0.2, 0.25) is 0 Å². The fourth-order valence-corrected chi connectivity index (χ4v) is 3.63. The number of aromatic nitrogens is 3. The van der Waals surface area contributed by atoms with E-state index in [1.54, 1.807) is 0 Å². The number of H-pyrrole nitrogens is 1. The van der Waals surface area contributed by atoms with Crippen molar-refractivity contribution in [2.45, 2.75) is 25.4 Å². The Kier molecular flexibility index (Phi) is 2.95. The second-order valence-electron chi connectivity index (χ2n) is 4.48. The van der Waals surface area contributed by atoms with Crippen LogP contribution in [-0.4, -0.2) is 15.0 Å². The van der Waals surface area contributed by atoms with Crippen LogP contribution in [0.3, 0.4) is 0 Å². The largest absolute Gasteiger partial charge is 0.342 e. The molecule has 0 saturated carbocycles. The van der Waals surface area contributed by atoms with E-state index in [-0.39, 0.29) is 0 Å². The molecular weight excluding hydrogens is 262 g/mol. The molecule has 3 heterocycles. The highest BCUT2D eigenvalue weighted by Crippen LogP contribution is 2.30. The van der Waals surface area contributed by atoms with Crippen LogP contribution in [0.1, 0.15) is 22.6 Å². The zero-order chi connectivity index (χ0) is 12.7. The smallest absolute Gasteiger partial charge is 0.139 e. The second-order valence-corrected chi connectivity index (χ2v) is 5.85. The number of fused-ring (bicyclic) bond motifs is 1. The molecule has 0 saturated heterocycles. The Labute approximate surface area is 115 Å². The summed E-state index contributed by atoms with van der Waals surface area (Å²) in [6.45, 7) is 3.99. The highest BCUT2D eigenvalue weighted by atomic mass is 32.2. The standard InChI is InChI=1S/C13H13N3S2/c1-7-3-9(4-8(2)14-7)12-15-11-6-18-5-10(11)13(17)16-12/h3-4H,5-6H2,1-2H3,(H,15,16,17). The van der Waals surface area contributed by atoms with Gasteiger partial charge in [-0.2, -0.15) is 11.8 Å². The SMILES string of the molecule is Cc1cc(-c2nc(=S)c3c([nH]2)CSC3)cc(C)n1. The van der Waals surface area contributed by atoms with Crippen molar-refractivity contribution in [3.8, 4) is 11.4 Å². The molecule has 18 heavy (non-hydrogen) atoms. The highest BCUT2D eigenvalue weighted by Gasteiger charge is 2.16. The summed E-state index contributed by atoms with van der Waals surface area (Å²) in [4.78, 5) is 12.3. The average Bonchev–Trinajstić information content (AvgIpc) is 2.76. The van der Waals surface area contributed by atoms with Crippen molar-refractivity contribution in [1.29, 1.82) is 0 Å². The van der Waals surface area contributed by atoms with Gasteiger partial charge in [0.25, 0.3) is 0 Å². The fraction of sp³-hybridized carbons (Fsp3) is 0.308. The molecule has 0 aromatic carbocycles. The molecule has 1 aliphatic rings. The monoisotopic (exact) mass is 275 g/mol. The zero-order valence-corrected chi connectivity index (χ0v) is 11.9. The molecule has 92 valence electrons. The van der Waals surface area contributed by atoms with Crippen LogP contribution in [0.4, 0.5) is 0 Å². The van der Waals surface area contributed by atoms with Crippen LogP contribution in [0.15, 0.2) is 12.1 Å². The van der Waals surface area contributed by atoms with Gasteiger partial charge in [-0.15, -0.1) is 0 Å². The molecule has 2 aromatic rings. The van der Waals surface area contributed by atoms with Crippen molar-refractivity contribution < 1.29 is 0 Å². The van der Waals surface area contributed by atoms with Crippen LogP contribution in [0.25, 0.3) is 11.4 Å². The lowest BCUT2D eigenvalue weighted by atomic mass is 10.1. The number of nitrogens with zero attached hydrogens (tertiary/aromatic N) is 2. The molecule has 3 nitrogen and oxygen atoms in total. The lowest BCUT2D eigenvalue weighted by molar-refractivity contribution is 1.05. The molecule has 0 unspecified atom stereocenters. The van der Waals surface area contributed by atoms with Gasteiger partial charge in [-0.05, 0) is 26.0 Å². The van der Waals surface area contributed by atoms with E-state index in [4.69, 9.17) is 12.2 Å². The highest BCUT2D eigenvalue weighted by molar-refractivity contribution is 7.98. The molecule has 0 spiro atoms. The van der Waals surface area contributed by atoms with Gasteiger partial charge >= 0.3 is 0 Å². The van der Waals surface area contributed by atoms with E-state index >= 15 is 0 Å². The molecule has 2 aromatic heterocycles. The molecule has 0 fully saturated rings. The van der Waals surface area contributed by atoms with Gasteiger partial charge < -0.3 is 4.98 Å². The number of thioether (sulfide) groups is 1. The van der Waals surface area contributed by atoms with Gasteiger partial charge in [-0.3, -0.25) is 4.98 Å². The van der Waals surface area contributed by atoms with Crippen LogP contribution in [0, 0.1) is 18.5 Å². The van der Waals surface area contributed by atoms with Crippen molar-refractivity contribution in [3.05, 3.63) is 39.4 Å². The number of aromatic amines is 1. The van der Waals surface area contributed by atoms with Gasteiger partial charge in [0.05, 0.1) is 0 Å². The van der Waals surface area contributed by atoms with Crippen molar-refractivity contribution in [1.82, 2.24) is 15.0 Å². The molecule has 1 aliphatic heterocycles. The van der Waals surface area contributed by atoms with Crippen molar-refractivity contribution >= 4 is 24.0 Å². The first-order valence-electron chi connectivity index (χ1n) is 5.79. The summed E-state index contributed by atoms with van der Waals surface area (Å²) < 4.78 is 0.732. The normalized spacial score (nSPS) is 13.7. The minimum absolute atomic E-state index is 0.732. The molecule has 0 aliphatic carbocycles. The topological polar surface area (TPSA) is 41.6 Å². The zero-order valence-electron chi connectivity index (χ0n) is 10.3. The third-order valence-corrected chi connectivity index (χ3v) is 4.28. The van der Waals surface area contributed by atoms with E-state index in [0.29, 0.717) is 0 Å². The molecule has 0 radical (unpaired) electrons. The second kappa shape index (κ2) is 4.48. The van der Waals surface area contributed by atoms with Gasteiger partial charge in [-0.25, -0.2) is 4.98 Å². The van der Waals surface area contributed by atoms with Crippen LogP contribution < -0.4 is 0 Å². The molecule has 0 bridgehead atoms. The predicted molar refractivity (Wildman–Crippen MR) is 77.1 cm³/mol. The third-order valence-electron chi connectivity index (χ3n) is 2.95. The van der Waals surface area contributed by atoms with Crippen LogP contribution >= 0.6 is 24.0 Å². The first-order valence-corrected chi connectivity index (χ1v) is 7.35. The summed E-state index contributed by atoms with van der Waals surface area (Å²) >= 11 is 7.25. The summed E-state index contributed by atoms with van der Waals surface area (Å²) in [6.07, 6.45) is 0. The predicted octanol–water partition coefficient (Wildman–Crippen LogP) is 3.56. The Morgan fingerprint density at radius 2 is 1.89 bits per heavy atom. The van der Waals surface area contributed by atoms with E-state index in [2.05, 4.69) is 15.0 Å². The Morgan fingerprint density at radius 1 is 1.17 bits per heavy atom. The maximum atomic E-state index is 5.37. The van der Waals surface area contributed by atoms with Crippen LogP contribution in [-0.2, 0) is 11.5 Å². The first kappa shape index (κ1) is 11.9. The molecular formula is C13H13N3S2. The van der Waals surface area contributed by atoms with Gasteiger partial charge in [0.2, 0.25) is 0 Å². The van der Waals surface area contributed by atoms with E-state index in [0.717, 1.165) is 38.9 Å². The van der Waals surface area contributed by atoms with Gasteiger partial charge in [0, 0.05) is 39.7 Å². The Balaban J connectivity index is 2.18. The summed E-state index contributed by atoms with van der Waals surface area (Å²) in [7, 11) is 0. The first-order chi connectivity index (χ1) is 8.63. The summed E-state index contributed by atoms with van der Waals surface area (Å²) in [6, 6.07) is 4.07. The Morgan fingerprint density at radius 3 is 2.61 bits per heavy atom. The lowest BCUT2D eigenvalue weighted by Gasteiger charge is -2.07. The minimum Gasteiger partial charge on any atom is -0.342 e. The van der Waals surface area contributed by atoms with Crippen molar-refractivity contribution in [3.63, 3.8) is 0 Å². The van der Waals surface area contributed by atoms with E-state index in [1.165, 1.54) is 11.3 Å². The molecule has 5 heteroatoms. The third kappa shape index (κ3) is 2.08. The number of aryl methyl sites for hydroxylation is 2. The number of pyridine rings is 1. The fourth-order valence-electron chi connectivity index (χ4n) is 2.18. The number of nitrogens with one attached hydrogen (secondary N) is 1. The minimum atomic E-state index is 0.732. The number of rotatable bonds is 1. The maximum Gasteiger partial charge on any atom is 0.139 e. The number of hydrogen-bond acceptors (Lipinski definition) is 4. The van der Waals surface area contributed by atoms with Gasteiger partial charge in [0.15, 0.2) is 0 Å². The number of hydrogen-bond donors (Lipinski definition) is 1. The van der Waals surface area contributed by atoms with Gasteiger partial charge in [-0.1, -0.05) is 12.2 Å². The van der Waals surface area contributed by atoms with E-state index in [1.807, 2.05) is 37.7 Å². The average molecular weight is 275 g/mol. The van der Waals surface area contributed by atoms with Gasteiger partial charge in [0.1, 0.15) is 10.5 Å². The quantitative estimate of drug-likeness (QED) is 0.808. The molecule has 0 amide bonds. The Bertz CT molecular complexity index is 656. The summed E-state index contributed by atoms with van der Waals surface area (Å²) in [5.41, 5.74) is 5.48. The molecule has 3 rings (SSSR count). The maximum absolute atomic E-state index is 5.37. The molecule has 0 atom stereocenters. The van der Waals surface area contributed by atoms with E-state index < -0.39 is 0 Å². The molecule has 1 N–H and O–H groups in total. The lowest BCUT2D eigenvalue weighted by Crippen LogP contribution is -1.98. The summed E-state index contributed by atoms with van der Waals surface area (Å²) in [5, 5.41) is 0. The summed E-state index contributed by atoms with van der Waals surface area (Å²) in [5.74, 6) is 2.83.